The molecule has 114 valence electrons. The SMILES string of the molecule is CCNCc1cc(C)nc(N(CCOC)C(C)CC)c1. The number of hydrogen-bond acceptors (Lipinski definition) is 4. The smallest absolute Gasteiger partial charge is 0.129 e. The zero-order valence-electron chi connectivity index (χ0n) is 13.6. The van der Waals surface area contributed by atoms with Gasteiger partial charge in [-0.05, 0) is 44.5 Å². The van der Waals surface area contributed by atoms with Crippen LogP contribution in [0.25, 0.3) is 0 Å². The number of ether oxygens (including phenoxy) is 1. The van der Waals surface area contributed by atoms with E-state index in [-0.39, 0.29) is 0 Å². The second kappa shape index (κ2) is 8.93. The largest absolute Gasteiger partial charge is 0.383 e. The normalized spacial score (nSPS) is 12.4. The van der Waals surface area contributed by atoms with Gasteiger partial charge in [-0.1, -0.05) is 13.8 Å². The number of rotatable bonds is 9. The summed E-state index contributed by atoms with van der Waals surface area (Å²) in [6.07, 6.45) is 1.10. The molecule has 4 nitrogen and oxygen atoms in total. The third-order valence-corrected chi connectivity index (χ3v) is 3.53. The Hall–Kier alpha value is -1.13. The fourth-order valence-corrected chi connectivity index (χ4v) is 2.21. The summed E-state index contributed by atoms with van der Waals surface area (Å²) in [7, 11) is 1.75. The first kappa shape index (κ1) is 16.9. The Morgan fingerprint density at radius 1 is 1.35 bits per heavy atom. The zero-order valence-corrected chi connectivity index (χ0v) is 13.6. The molecule has 0 bridgehead atoms. The van der Waals surface area contributed by atoms with Crippen LogP contribution in [0.3, 0.4) is 0 Å². The van der Waals surface area contributed by atoms with Crippen molar-refractivity contribution in [1.82, 2.24) is 10.3 Å². The summed E-state index contributed by atoms with van der Waals surface area (Å²) in [5.41, 5.74) is 2.36. The molecule has 0 spiro atoms. The third kappa shape index (κ3) is 5.10. The summed E-state index contributed by atoms with van der Waals surface area (Å²) < 4.78 is 5.23. The standard InChI is InChI=1S/C16H29N3O/c1-6-14(4)19(8-9-20-5)16-11-15(12-17-7-2)10-13(3)18-16/h10-11,14,17H,6-9,12H2,1-5H3. The van der Waals surface area contributed by atoms with E-state index in [2.05, 4.69) is 50.0 Å². The quantitative estimate of drug-likeness (QED) is 0.754. The molecule has 0 aliphatic rings. The van der Waals surface area contributed by atoms with Crippen LogP contribution in [-0.4, -0.2) is 37.8 Å². The molecule has 1 N–H and O–H groups in total. The molecule has 0 amide bonds. The van der Waals surface area contributed by atoms with Crippen LogP contribution in [0.2, 0.25) is 0 Å². The Morgan fingerprint density at radius 2 is 2.10 bits per heavy atom. The number of methoxy groups -OCH3 is 1. The molecule has 1 aromatic heterocycles. The van der Waals surface area contributed by atoms with E-state index in [1.165, 1.54) is 5.56 Å². The predicted octanol–water partition coefficient (Wildman–Crippen LogP) is 2.75. The van der Waals surface area contributed by atoms with Crippen LogP contribution < -0.4 is 10.2 Å². The Morgan fingerprint density at radius 3 is 2.70 bits per heavy atom. The molecule has 1 unspecified atom stereocenters. The van der Waals surface area contributed by atoms with E-state index >= 15 is 0 Å². The lowest BCUT2D eigenvalue weighted by atomic mass is 10.1. The van der Waals surface area contributed by atoms with Crippen LogP contribution in [0.4, 0.5) is 5.82 Å². The lowest BCUT2D eigenvalue weighted by Crippen LogP contribution is -2.36. The van der Waals surface area contributed by atoms with Crippen LogP contribution in [0.5, 0.6) is 0 Å². The first-order valence-electron chi connectivity index (χ1n) is 7.56. The van der Waals surface area contributed by atoms with Crippen molar-refractivity contribution >= 4 is 5.82 Å². The molecule has 1 heterocycles. The second-order valence-corrected chi connectivity index (χ2v) is 5.20. The number of hydrogen-bond donors (Lipinski definition) is 1. The molecule has 20 heavy (non-hydrogen) atoms. The average Bonchev–Trinajstić information content (AvgIpc) is 2.44. The van der Waals surface area contributed by atoms with E-state index in [9.17, 15) is 0 Å². The Labute approximate surface area is 123 Å². The second-order valence-electron chi connectivity index (χ2n) is 5.20. The van der Waals surface area contributed by atoms with Crippen molar-refractivity contribution in [3.8, 4) is 0 Å². The summed E-state index contributed by atoms with van der Waals surface area (Å²) in [6, 6.07) is 4.81. The van der Waals surface area contributed by atoms with Crippen molar-refractivity contribution in [2.45, 2.75) is 46.7 Å². The fraction of sp³-hybridized carbons (Fsp3) is 0.688. The molecule has 1 atom stereocenters. The minimum absolute atomic E-state index is 0.464. The number of nitrogens with zero attached hydrogens (tertiary/aromatic N) is 2. The summed E-state index contributed by atoms with van der Waals surface area (Å²) in [5, 5.41) is 3.37. The molecule has 0 saturated carbocycles. The van der Waals surface area contributed by atoms with Crippen molar-refractivity contribution in [2.75, 3.05) is 31.7 Å². The predicted molar refractivity (Wildman–Crippen MR) is 85.3 cm³/mol. The molecule has 0 radical (unpaired) electrons. The van der Waals surface area contributed by atoms with Crippen molar-refractivity contribution < 1.29 is 4.74 Å². The maximum atomic E-state index is 5.23. The summed E-state index contributed by atoms with van der Waals surface area (Å²) in [5.74, 6) is 1.06. The van der Waals surface area contributed by atoms with E-state index < -0.39 is 0 Å². The Balaban J connectivity index is 2.95. The number of pyridine rings is 1. The van der Waals surface area contributed by atoms with Gasteiger partial charge < -0.3 is 15.0 Å². The van der Waals surface area contributed by atoms with Gasteiger partial charge in [0.25, 0.3) is 0 Å². The maximum Gasteiger partial charge on any atom is 0.129 e. The molecular formula is C16H29N3O. The molecule has 0 aromatic carbocycles. The Bertz CT molecular complexity index is 395. The molecule has 0 fully saturated rings. The molecule has 4 heteroatoms. The minimum Gasteiger partial charge on any atom is -0.383 e. The molecule has 0 saturated heterocycles. The monoisotopic (exact) mass is 279 g/mol. The van der Waals surface area contributed by atoms with Crippen LogP contribution in [0, 0.1) is 6.92 Å². The zero-order chi connectivity index (χ0) is 15.0. The van der Waals surface area contributed by atoms with Crippen molar-refractivity contribution in [3.05, 3.63) is 23.4 Å². The Kier molecular flexibility index (Phi) is 7.55. The third-order valence-electron chi connectivity index (χ3n) is 3.53. The highest BCUT2D eigenvalue weighted by molar-refractivity contribution is 5.43. The van der Waals surface area contributed by atoms with E-state index in [0.29, 0.717) is 6.04 Å². The topological polar surface area (TPSA) is 37.4 Å². The van der Waals surface area contributed by atoms with E-state index in [4.69, 9.17) is 9.72 Å². The van der Waals surface area contributed by atoms with E-state index in [1.54, 1.807) is 7.11 Å². The molecule has 0 aliphatic carbocycles. The highest BCUT2D eigenvalue weighted by Gasteiger charge is 2.15. The first-order chi connectivity index (χ1) is 9.62. The minimum atomic E-state index is 0.464. The molecular weight excluding hydrogens is 250 g/mol. The van der Waals surface area contributed by atoms with Gasteiger partial charge in [-0.3, -0.25) is 0 Å². The number of aromatic nitrogens is 1. The van der Waals surface area contributed by atoms with Gasteiger partial charge in [-0.25, -0.2) is 4.98 Å². The van der Waals surface area contributed by atoms with Crippen LogP contribution in [-0.2, 0) is 11.3 Å². The van der Waals surface area contributed by atoms with E-state index in [0.717, 1.165) is 44.2 Å². The lowest BCUT2D eigenvalue weighted by Gasteiger charge is -2.30. The van der Waals surface area contributed by atoms with Gasteiger partial charge in [-0.15, -0.1) is 0 Å². The van der Waals surface area contributed by atoms with Crippen LogP contribution in [0.15, 0.2) is 12.1 Å². The van der Waals surface area contributed by atoms with Crippen LogP contribution in [0.1, 0.15) is 38.4 Å². The van der Waals surface area contributed by atoms with Crippen molar-refractivity contribution in [2.24, 2.45) is 0 Å². The summed E-state index contributed by atoms with van der Waals surface area (Å²) in [6.45, 7) is 12.1. The highest BCUT2D eigenvalue weighted by Crippen LogP contribution is 2.19. The van der Waals surface area contributed by atoms with Gasteiger partial charge in [0, 0.05) is 31.9 Å². The van der Waals surface area contributed by atoms with Gasteiger partial charge in [0.1, 0.15) is 5.82 Å². The summed E-state index contributed by atoms with van der Waals surface area (Å²) >= 11 is 0. The summed E-state index contributed by atoms with van der Waals surface area (Å²) in [4.78, 5) is 7.05. The number of anilines is 1. The highest BCUT2D eigenvalue weighted by atomic mass is 16.5. The van der Waals surface area contributed by atoms with Gasteiger partial charge >= 0.3 is 0 Å². The lowest BCUT2D eigenvalue weighted by molar-refractivity contribution is 0.203. The maximum absolute atomic E-state index is 5.23. The van der Waals surface area contributed by atoms with Gasteiger partial charge in [0.2, 0.25) is 0 Å². The fourth-order valence-electron chi connectivity index (χ4n) is 2.21. The van der Waals surface area contributed by atoms with Crippen molar-refractivity contribution in [3.63, 3.8) is 0 Å². The van der Waals surface area contributed by atoms with Gasteiger partial charge in [-0.2, -0.15) is 0 Å². The number of aryl methyl sites for hydroxylation is 1. The first-order valence-corrected chi connectivity index (χ1v) is 7.56. The number of nitrogens with one attached hydrogen (secondary N) is 1. The van der Waals surface area contributed by atoms with Gasteiger partial charge in [0.05, 0.1) is 6.61 Å². The average molecular weight is 279 g/mol. The molecule has 1 aromatic rings. The van der Waals surface area contributed by atoms with E-state index in [1.807, 2.05) is 0 Å². The molecule has 1 rings (SSSR count). The van der Waals surface area contributed by atoms with Crippen LogP contribution >= 0.6 is 0 Å². The van der Waals surface area contributed by atoms with Gasteiger partial charge in [0.15, 0.2) is 0 Å². The van der Waals surface area contributed by atoms with Crippen molar-refractivity contribution in [1.29, 1.82) is 0 Å². The molecule has 0 aliphatic heterocycles.